The zero-order valence-corrected chi connectivity index (χ0v) is 11.4. The van der Waals surface area contributed by atoms with E-state index >= 15 is 0 Å². The number of aryl methyl sites for hydroxylation is 2. The largest absolute Gasteiger partial charge is 0.308 e. The van der Waals surface area contributed by atoms with Crippen LogP contribution in [-0.2, 0) is 7.05 Å². The number of hydrogen-bond donors (Lipinski definition) is 0. The van der Waals surface area contributed by atoms with Gasteiger partial charge in [0.2, 0.25) is 0 Å². The Morgan fingerprint density at radius 1 is 1.47 bits per heavy atom. The van der Waals surface area contributed by atoms with E-state index in [4.69, 9.17) is 11.6 Å². The molecule has 5 heteroatoms. The van der Waals surface area contributed by atoms with Crippen LogP contribution in [0.2, 0.25) is 0 Å². The highest BCUT2D eigenvalue weighted by molar-refractivity contribution is 6.20. The number of halogens is 1. The van der Waals surface area contributed by atoms with Crippen molar-refractivity contribution < 1.29 is 0 Å². The van der Waals surface area contributed by atoms with E-state index in [9.17, 15) is 0 Å². The predicted molar refractivity (Wildman–Crippen MR) is 68.3 cm³/mol. The van der Waals surface area contributed by atoms with E-state index in [0.717, 1.165) is 28.6 Å². The monoisotopic (exact) mass is 252 g/mol. The molecule has 0 bridgehead atoms. The molecule has 0 radical (unpaired) electrons. The molecule has 17 heavy (non-hydrogen) atoms. The Labute approximate surface area is 106 Å². The molecule has 0 amide bonds. The van der Waals surface area contributed by atoms with Crippen molar-refractivity contribution in [2.24, 2.45) is 13.0 Å². The fraction of sp³-hybridized carbons (Fsp3) is 0.667. The third kappa shape index (κ3) is 1.50. The summed E-state index contributed by atoms with van der Waals surface area (Å²) in [5, 5.41) is 4.38. The molecule has 1 aliphatic rings. The van der Waals surface area contributed by atoms with E-state index in [1.54, 1.807) is 0 Å². The van der Waals surface area contributed by atoms with Gasteiger partial charge >= 0.3 is 0 Å². The van der Waals surface area contributed by atoms with Gasteiger partial charge in [-0.3, -0.25) is 4.68 Å². The van der Waals surface area contributed by atoms with Crippen LogP contribution in [0.25, 0.3) is 11.2 Å². The molecule has 2 aromatic rings. The summed E-state index contributed by atoms with van der Waals surface area (Å²) in [6, 6.07) is 0.547. The highest BCUT2D eigenvalue weighted by Crippen LogP contribution is 2.46. The third-order valence-corrected chi connectivity index (χ3v) is 3.81. The number of nitrogens with zero attached hydrogens (tertiary/aromatic N) is 4. The Hall–Kier alpha value is -1.03. The molecule has 1 aliphatic carbocycles. The first-order valence-corrected chi connectivity index (χ1v) is 6.49. The number of aromatic nitrogens is 4. The molecule has 2 aromatic heterocycles. The molecule has 1 saturated carbocycles. The Morgan fingerprint density at radius 2 is 2.12 bits per heavy atom. The SMILES string of the molecule is Cc1nn(C)c2c1nc(C(C)Cl)n2C1CC1C. The molecule has 0 aliphatic heterocycles. The van der Waals surface area contributed by atoms with Crippen LogP contribution in [0, 0.1) is 12.8 Å². The van der Waals surface area contributed by atoms with Crippen molar-refractivity contribution in [2.45, 2.75) is 38.6 Å². The van der Waals surface area contributed by atoms with Crippen molar-refractivity contribution in [3.63, 3.8) is 0 Å². The average Bonchev–Trinajstić information content (AvgIpc) is 2.74. The summed E-state index contributed by atoms with van der Waals surface area (Å²) < 4.78 is 4.21. The Morgan fingerprint density at radius 3 is 2.65 bits per heavy atom. The molecule has 0 aromatic carbocycles. The van der Waals surface area contributed by atoms with Gasteiger partial charge in [-0.05, 0) is 26.2 Å². The van der Waals surface area contributed by atoms with Crippen molar-refractivity contribution in [3.8, 4) is 0 Å². The highest BCUT2D eigenvalue weighted by atomic mass is 35.5. The Kier molecular flexibility index (Phi) is 2.27. The van der Waals surface area contributed by atoms with Gasteiger partial charge in [0, 0.05) is 13.1 Å². The smallest absolute Gasteiger partial charge is 0.158 e. The highest BCUT2D eigenvalue weighted by Gasteiger charge is 2.38. The second kappa shape index (κ2) is 3.48. The third-order valence-electron chi connectivity index (χ3n) is 3.62. The van der Waals surface area contributed by atoms with Gasteiger partial charge in [-0.25, -0.2) is 4.98 Å². The van der Waals surface area contributed by atoms with Gasteiger partial charge < -0.3 is 4.57 Å². The maximum Gasteiger partial charge on any atom is 0.158 e. The summed E-state index contributed by atoms with van der Waals surface area (Å²) >= 11 is 6.25. The van der Waals surface area contributed by atoms with Crippen LogP contribution in [0.15, 0.2) is 0 Å². The summed E-state index contributed by atoms with van der Waals surface area (Å²) in [4.78, 5) is 4.68. The molecule has 3 atom stereocenters. The van der Waals surface area contributed by atoms with Crippen molar-refractivity contribution in [2.75, 3.05) is 0 Å². The van der Waals surface area contributed by atoms with Gasteiger partial charge in [0.05, 0.1) is 11.1 Å². The van der Waals surface area contributed by atoms with Gasteiger partial charge in [-0.15, -0.1) is 11.6 Å². The van der Waals surface area contributed by atoms with Crippen LogP contribution in [0.5, 0.6) is 0 Å². The molecule has 3 rings (SSSR count). The van der Waals surface area contributed by atoms with Crippen molar-refractivity contribution in [1.29, 1.82) is 0 Å². The van der Waals surface area contributed by atoms with Crippen LogP contribution in [0.4, 0.5) is 0 Å². The zero-order chi connectivity index (χ0) is 12.3. The fourth-order valence-electron chi connectivity index (χ4n) is 2.58. The van der Waals surface area contributed by atoms with Gasteiger partial charge in [0.25, 0.3) is 0 Å². The van der Waals surface area contributed by atoms with Crippen molar-refractivity contribution in [3.05, 3.63) is 11.5 Å². The lowest BCUT2D eigenvalue weighted by Gasteiger charge is -2.10. The number of imidazole rings is 1. The van der Waals surface area contributed by atoms with Crippen LogP contribution in [0.3, 0.4) is 0 Å². The van der Waals surface area contributed by atoms with Gasteiger partial charge in [0.15, 0.2) is 5.65 Å². The van der Waals surface area contributed by atoms with Gasteiger partial charge in [0.1, 0.15) is 11.3 Å². The lowest BCUT2D eigenvalue weighted by Crippen LogP contribution is -2.07. The van der Waals surface area contributed by atoms with Crippen LogP contribution in [0.1, 0.15) is 43.2 Å². The maximum absolute atomic E-state index is 6.25. The number of hydrogen-bond acceptors (Lipinski definition) is 2. The van der Waals surface area contributed by atoms with Crippen LogP contribution in [-0.4, -0.2) is 19.3 Å². The quantitative estimate of drug-likeness (QED) is 0.771. The normalized spacial score (nSPS) is 25.5. The number of fused-ring (bicyclic) bond motifs is 1. The van der Waals surface area contributed by atoms with E-state index < -0.39 is 0 Å². The fourth-order valence-corrected chi connectivity index (χ4v) is 2.74. The first kappa shape index (κ1) is 11.1. The standard InChI is InChI=1S/C12H17ClN4/c1-6-5-9(6)17-11(7(2)13)14-10-8(3)15-16(4)12(10)17/h6-7,9H,5H2,1-4H3. The predicted octanol–water partition coefficient (Wildman–Crippen LogP) is 2.96. The van der Waals surface area contributed by atoms with Gasteiger partial charge in [-0.2, -0.15) is 5.10 Å². The molecule has 1 fully saturated rings. The summed E-state index contributed by atoms with van der Waals surface area (Å²) in [6.07, 6.45) is 1.21. The van der Waals surface area contributed by atoms with E-state index in [1.807, 2.05) is 25.6 Å². The molecule has 3 unspecified atom stereocenters. The van der Waals surface area contributed by atoms with Crippen molar-refractivity contribution in [1.82, 2.24) is 19.3 Å². The molecule has 0 saturated heterocycles. The van der Waals surface area contributed by atoms with E-state index in [-0.39, 0.29) is 5.38 Å². The zero-order valence-electron chi connectivity index (χ0n) is 10.6. The summed E-state index contributed by atoms with van der Waals surface area (Å²) in [6.45, 7) is 6.25. The number of rotatable bonds is 2. The van der Waals surface area contributed by atoms with E-state index in [2.05, 4.69) is 21.6 Å². The maximum atomic E-state index is 6.25. The molecular weight excluding hydrogens is 236 g/mol. The average molecular weight is 253 g/mol. The summed E-state index contributed by atoms with van der Waals surface area (Å²) in [7, 11) is 1.98. The lowest BCUT2D eigenvalue weighted by molar-refractivity contribution is 0.629. The summed E-state index contributed by atoms with van der Waals surface area (Å²) in [5.74, 6) is 1.70. The topological polar surface area (TPSA) is 35.6 Å². The minimum atomic E-state index is -0.0606. The van der Waals surface area contributed by atoms with Crippen LogP contribution < -0.4 is 0 Å². The Balaban J connectivity index is 2.30. The lowest BCUT2D eigenvalue weighted by atomic mass is 10.4. The van der Waals surface area contributed by atoms with Crippen molar-refractivity contribution >= 4 is 22.8 Å². The minimum Gasteiger partial charge on any atom is -0.308 e. The first-order valence-electron chi connectivity index (χ1n) is 6.06. The first-order chi connectivity index (χ1) is 8.00. The molecule has 2 heterocycles. The van der Waals surface area contributed by atoms with E-state index in [1.165, 1.54) is 6.42 Å². The molecule has 92 valence electrons. The number of alkyl halides is 1. The van der Waals surface area contributed by atoms with E-state index in [0.29, 0.717) is 6.04 Å². The Bertz CT molecular complexity index is 581. The summed E-state index contributed by atoms with van der Waals surface area (Å²) in [5.41, 5.74) is 3.08. The van der Waals surface area contributed by atoms with Crippen LogP contribution >= 0.6 is 11.6 Å². The second-order valence-corrected chi connectivity index (χ2v) is 5.77. The molecule has 0 N–H and O–H groups in total. The molecular formula is C12H17ClN4. The minimum absolute atomic E-state index is 0.0606. The second-order valence-electron chi connectivity index (χ2n) is 5.12. The molecule has 4 nitrogen and oxygen atoms in total. The molecule has 0 spiro atoms. The van der Waals surface area contributed by atoms with Gasteiger partial charge in [-0.1, -0.05) is 6.92 Å².